The fourth-order valence-electron chi connectivity index (χ4n) is 4.04. The highest BCUT2D eigenvalue weighted by Gasteiger charge is 2.25. The van der Waals surface area contributed by atoms with Gasteiger partial charge in [-0.25, -0.2) is 0 Å². The zero-order chi connectivity index (χ0) is 18.9. The largest absolute Gasteiger partial charge is 0.496 e. The van der Waals surface area contributed by atoms with Crippen molar-refractivity contribution in [3.05, 3.63) is 29.8 Å². The van der Waals surface area contributed by atoms with Crippen LogP contribution in [0.5, 0.6) is 5.75 Å². The van der Waals surface area contributed by atoms with Crippen molar-refractivity contribution in [2.45, 2.75) is 43.4 Å². The van der Waals surface area contributed by atoms with Crippen LogP contribution < -0.4 is 15.4 Å². The molecule has 150 valence electrons. The van der Waals surface area contributed by atoms with Crippen LogP contribution in [0.1, 0.15) is 43.7 Å². The molecule has 0 radical (unpaired) electrons. The summed E-state index contributed by atoms with van der Waals surface area (Å²) in [6.07, 6.45) is 6.54. The van der Waals surface area contributed by atoms with Gasteiger partial charge in [-0.2, -0.15) is 11.8 Å². The van der Waals surface area contributed by atoms with E-state index >= 15 is 0 Å². The summed E-state index contributed by atoms with van der Waals surface area (Å²) in [5.41, 5.74) is 1.26. The lowest BCUT2D eigenvalue weighted by molar-refractivity contribution is 0.161. The molecule has 0 spiro atoms. The SMILES string of the molecule is CN=C(NCC1CCCS1)NCC(c1ccccc1OC)N1CCCCC1. The van der Waals surface area contributed by atoms with Crippen molar-refractivity contribution in [1.82, 2.24) is 15.5 Å². The number of benzene rings is 1. The zero-order valence-electron chi connectivity index (χ0n) is 16.7. The summed E-state index contributed by atoms with van der Waals surface area (Å²) in [5, 5.41) is 7.81. The number of ether oxygens (including phenoxy) is 1. The number of rotatable bonds is 7. The Bertz CT molecular complexity index is 598. The van der Waals surface area contributed by atoms with Crippen LogP contribution in [0.25, 0.3) is 0 Å². The van der Waals surface area contributed by atoms with Gasteiger partial charge in [-0.3, -0.25) is 9.89 Å². The number of nitrogens with zero attached hydrogens (tertiary/aromatic N) is 2. The Morgan fingerprint density at radius 1 is 1.22 bits per heavy atom. The Morgan fingerprint density at radius 3 is 2.74 bits per heavy atom. The molecule has 2 fully saturated rings. The third-order valence-electron chi connectivity index (χ3n) is 5.54. The third kappa shape index (κ3) is 5.79. The third-order valence-corrected chi connectivity index (χ3v) is 6.94. The van der Waals surface area contributed by atoms with E-state index in [9.17, 15) is 0 Å². The number of aliphatic imine (C=N–C) groups is 1. The lowest BCUT2D eigenvalue weighted by atomic mass is 10.0. The minimum atomic E-state index is 0.292. The number of piperidine rings is 1. The summed E-state index contributed by atoms with van der Waals surface area (Å²) >= 11 is 2.07. The van der Waals surface area contributed by atoms with E-state index in [1.165, 1.54) is 43.4 Å². The molecular formula is C21H34N4OS. The van der Waals surface area contributed by atoms with Gasteiger partial charge in [-0.1, -0.05) is 24.6 Å². The molecule has 0 saturated carbocycles. The second kappa shape index (κ2) is 10.8. The highest BCUT2D eigenvalue weighted by molar-refractivity contribution is 8.00. The normalized spacial score (nSPS) is 22.4. The molecule has 0 aliphatic carbocycles. The molecule has 0 aromatic heterocycles. The van der Waals surface area contributed by atoms with Gasteiger partial charge in [0.15, 0.2) is 5.96 Å². The van der Waals surface area contributed by atoms with Crippen molar-refractivity contribution in [3.8, 4) is 5.75 Å². The zero-order valence-corrected chi connectivity index (χ0v) is 17.6. The Kier molecular flexibility index (Phi) is 8.14. The number of hydrogen-bond donors (Lipinski definition) is 2. The summed E-state index contributed by atoms with van der Waals surface area (Å²) in [6.45, 7) is 4.12. The maximum atomic E-state index is 5.66. The maximum absolute atomic E-state index is 5.66. The average molecular weight is 391 g/mol. The molecule has 2 atom stereocenters. The van der Waals surface area contributed by atoms with Crippen molar-refractivity contribution in [2.75, 3.05) is 46.1 Å². The summed E-state index contributed by atoms with van der Waals surface area (Å²) in [4.78, 5) is 7.03. The summed E-state index contributed by atoms with van der Waals surface area (Å²) in [5.74, 6) is 3.17. The first kappa shape index (κ1) is 20.3. The second-order valence-corrected chi connectivity index (χ2v) is 8.73. The van der Waals surface area contributed by atoms with Crippen LogP contribution in [-0.4, -0.2) is 62.2 Å². The van der Waals surface area contributed by atoms with Crippen LogP contribution in [-0.2, 0) is 0 Å². The van der Waals surface area contributed by atoms with E-state index in [4.69, 9.17) is 4.74 Å². The fraction of sp³-hybridized carbons (Fsp3) is 0.667. The highest BCUT2D eigenvalue weighted by atomic mass is 32.2. The lowest BCUT2D eigenvalue weighted by Crippen LogP contribution is -2.45. The topological polar surface area (TPSA) is 48.9 Å². The maximum Gasteiger partial charge on any atom is 0.191 e. The lowest BCUT2D eigenvalue weighted by Gasteiger charge is -2.36. The van der Waals surface area contributed by atoms with E-state index < -0.39 is 0 Å². The fourth-order valence-corrected chi connectivity index (χ4v) is 5.24. The van der Waals surface area contributed by atoms with Gasteiger partial charge in [-0.15, -0.1) is 0 Å². The van der Waals surface area contributed by atoms with Crippen molar-refractivity contribution in [1.29, 1.82) is 0 Å². The van der Waals surface area contributed by atoms with E-state index in [-0.39, 0.29) is 0 Å². The molecular weight excluding hydrogens is 356 g/mol. The van der Waals surface area contributed by atoms with Gasteiger partial charge in [0.1, 0.15) is 5.75 Å². The predicted molar refractivity (Wildman–Crippen MR) is 116 cm³/mol. The standard InChI is InChI=1S/C21H34N4OS/c1-22-21(23-15-17-9-8-14-27-17)24-16-19(25-12-6-3-7-13-25)18-10-4-5-11-20(18)26-2/h4-5,10-11,17,19H,3,6-9,12-16H2,1-2H3,(H2,22,23,24). The number of likely N-dealkylation sites (tertiary alicyclic amines) is 1. The van der Waals surface area contributed by atoms with Crippen molar-refractivity contribution in [3.63, 3.8) is 0 Å². The molecule has 0 bridgehead atoms. The van der Waals surface area contributed by atoms with Crippen LogP contribution in [0, 0.1) is 0 Å². The molecule has 6 heteroatoms. The van der Waals surface area contributed by atoms with E-state index in [0.717, 1.165) is 43.1 Å². The van der Waals surface area contributed by atoms with Gasteiger partial charge < -0.3 is 15.4 Å². The number of para-hydroxylation sites is 1. The summed E-state index contributed by atoms with van der Waals surface area (Å²) < 4.78 is 5.66. The van der Waals surface area contributed by atoms with Gasteiger partial charge in [0.05, 0.1) is 13.2 Å². The minimum absolute atomic E-state index is 0.292. The molecule has 1 aromatic carbocycles. The monoisotopic (exact) mass is 390 g/mol. The molecule has 2 saturated heterocycles. The van der Waals surface area contributed by atoms with Crippen LogP contribution in [0.3, 0.4) is 0 Å². The molecule has 2 unspecified atom stereocenters. The Balaban J connectivity index is 1.65. The molecule has 2 aliphatic heterocycles. The molecule has 3 rings (SSSR count). The molecule has 2 N–H and O–H groups in total. The van der Waals surface area contributed by atoms with Crippen molar-refractivity contribution >= 4 is 17.7 Å². The predicted octanol–water partition coefficient (Wildman–Crippen LogP) is 3.28. The van der Waals surface area contributed by atoms with E-state index in [0.29, 0.717) is 6.04 Å². The number of methoxy groups -OCH3 is 1. The minimum Gasteiger partial charge on any atom is -0.496 e. The number of hydrogen-bond acceptors (Lipinski definition) is 4. The van der Waals surface area contributed by atoms with E-state index in [1.807, 2.05) is 13.1 Å². The van der Waals surface area contributed by atoms with Crippen molar-refractivity contribution < 1.29 is 4.74 Å². The first-order chi connectivity index (χ1) is 13.3. The van der Waals surface area contributed by atoms with Gasteiger partial charge in [0, 0.05) is 31.0 Å². The first-order valence-corrected chi connectivity index (χ1v) is 11.3. The Morgan fingerprint density at radius 2 is 2.04 bits per heavy atom. The number of thioether (sulfide) groups is 1. The quantitative estimate of drug-likeness (QED) is 0.553. The van der Waals surface area contributed by atoms with E-state index in [2.05, 4.69) is 50.5 Å². The van der Waals surface area contributed by atoms with Crippen LogP contribution in [0.2, 0.25) is 0 Å². The van der Waals surface area contributed by atoms with E-state index in [1.54, 1.807) is 7.11 Å². The molecule has 2 heterocycles. The Labute approximate surface area is 168 Å². The molecule has 0 amide bonds. The van der Waals surface area contributed by atoms with Crippen LogP contribution >= 0.6 is 11.8 Å². The van der Waals surface area contributed by atoms with Gasteiger partial charge in [0.2, 0.25) is 0 Å². The van der Waals surface area contributed by atoms with Crippen LogP contribution in [0.15, 0.2) is 29.3 Å². The van der Waals surface area contributed by atoms with Gasteiger partial charge in [-0.05, 0) is 50.6 Å². The second-order valence-electron chi connectivity index (χ2n) is 7.32. The van der Waals surface area contributed by atoms with Gasteiger partial charge >= 0.3 is 0 Å². The highest BCUT2D eigenvalue weighted by Crippen LogP contribution is 2.31. The Hall–Kier alpha value is -1.40. The van der Waals surface area contributed by atoms with Crippen molar-refractivity contribution in [2.24, 2.45) is 4.99 Å². The molecule has 1 aromatic rings. The molecule has 5 nitrogen and oxygen atoms in total. The summed E-state index contributed by atoms with van der Waals surface area (Å²) in [7, 11) is 3.62. The number of nitrogens with one attached hydrogen (secondary N) is 2. The average Bonchev–Trinajstić information content (AvgIpc) is 3.25. The smallest absolute Gasteiger partial charge is 0.191 e. The number of guanidine groups is 1. The molecule has 27 heavy (non-hydrogen) atoms. The van der Waals surface area contributed by atoms with Crippen LogP contribution in [0.4, 0.5) is 0 Å². The van der Waals surface area contributed by atoms with Gasteiger partial charge in [0.25, 0.3) is 0 Å². The first-order valence-electron chi connectivity index (χ1n) is 10.2. The molecule has 2 aliphatic rings. The summed E-state index contributed by atoms with van der Waals surface area (Å²) in [6, 6.07) is 8.71.